The van der Waals surface area contributed by atoms with Gasteiger partial charge in [0.2, 0.25) is 53.2 Å². The third-order valence-electron chi connectivity index (χ3n) is 16.1. The molecule has 0 spiro atoms. The lowest BCUT2D eigenvalue weighted by Crippen LogP contribution is -2.64. The predicted molar refractivity (Wildman–Crippen MR) is 355 cm³/mol. The van der Waals surface area contributed by atoms with Crippen molar-refractivity contribution >= 4 is 53.2 Å². The van der Waals surface area contributed by atoms with Crippen molar-refractivity contribution in [2.24, 2.45) is 0 Å². The zero-order valence-electron chi connectivity index (χ0n) is 58.9. The lowest BCUT2D eigenvalue weighted by Gasteiger charge is -2.42. The molecule has 0 saturated carbocycles. The molecule has 37 heteroatoms. The summed E-state index contributed by atoms with van der Waals surface area (Å²) in [4.78, 5) is 111. The molecule has 0 aromatic rings. The molecule has 3 rings (SSSR count). The van der Waals surface area contributed by atoms with Crippen molar-refractivity contribution in [3.63, 3.8) is 0 Å². The second-order valence-electron chi connectivity index (χ2n) is 25.4. The number of nitrogens with one attached hydrogen (secondary N) is 10. The highest BCUT2D eigenvalue weighted by Gasteiger charge is 2.48. The number of unbranched alkanes of at least 4 members (excludes halogenated alkanes) is 3. The second-order valence-corrected chi connectivity index (χ2v) is 25.4. The number of ether oxygens (including phenoxy) is 9. The second kappa shape index (κ2) is 50.8. The van der Waals surface area contributed by atoms with Crippen molar-refractivity contribution in [1.29, 1.82) is 0 Å². The molecule has 0 bridgehead atoms. The molecule has 19 N–H and O–H groups in total. The minimum Gasteiger partial charge on any atom is -0.394 e. The van der Waals surface area contributed by atoms with E-state index in [2.05, 4.69) is 53.2 Å². The van der Waals surface area contributed by atoms with Gasteiger partial charge in [0.15, 0.2) is 18.9 Å². The summed E-state index contributed by atoms with van der Waals surface area (Å²) in [5.74, 6) is -3.01. The van der Waals surface area contributed by atoms with E-state index in [0.717, 1.165) is 0 Å². The van der Waals surface area contributed by atoms with Gasteiger partial charge in [-0.2, -0.15) is 0 Å². The van der Waals surface area contributed by atoms with Crippen LogP contribution in [0.15, 0.2) is 0 Å². The fourth-order valence-corrected chi connectivity index (χ4v) is 10.9. The first kappa shape index (κ1) is 89.7. The molecule has 37 nitrogen and oxygen atoms in total. The van der Waals surface area contributed by atoms with Crippen LogP contribution in [0.5, 0.6) is 0 Å². The summed E-state index contributed by atoms with van der Waals surface area (Å²) in [7, 11) is 0. The quantitative estimate of drug-likeness (QED) is 0.0252. The normalized spacial score (nSPS) is 25.6. The van der Waals surface area contributed by atoms with Crippen LogP contribution in [0.4, 0.5) is 0 Å². The van der Waals surface area contributed by atoms with Gasteiger partial charge in [0.25, 0.3) is 0 Å². The van der Waals surface area contributed by atoms with Crippen LogP contribution in [0, 0.1) is 0 Å². The molecular formula is C64H116N10O27. The zero-order valence-corrected chi connectivity index (χ0v) is 58.9. The summed E-state index contributed by atoms with van der Waals surface area (Å²) in [6, 6.07) is -3.36. The SMILES string of the molecule is CC(=O)NC1C(O)[C@@H](O)C(CO)O[C@H]1OCCCCC(=O)NCCCNC(=O)CCOCC(COCCC(=O)NCCCNC(=O)CCCCO[C@@H]1OC(CO)[C@H](O)C(O)C1NC(C)=O)(COCCC(=O)NCCCNC(=O)CCCCO[C@@H]1OC(CO)[C@H](O)C(O)[C@@H]1NC(C)=O)NC(C)C. The Hall–Kier alpha value is -5.53. The first-order valence-corrected chi connectivity index (χ1v) is 34.9. The van der Waals surface area contributed by atoms with E-state index < -0.39 is 135 Å². The van der Waals surface area contributed by atoms with Crippen LogP contribution in [-0.2, 0) is 85.8 Å². The van der Waals surface area contributed by atoms with Crippen LogP contribution < -0.4 is 53.2 Å². The Bertz CT molecular complexity index is 2180. The summed E-state index contributed by atoms with van der Waals surface area (Å²) >= 11 is 0. The maximum atomic E-state index is 12.9. The topological polar surface area (TPSA) is 539 Å². The first-order valence-electron chi connectivity index (χ1n) is 34.9. The maximum Gasteiger partial charge on any atom is 0.222 e. The largest absolute Gasteiger partial charge is 0.394 e. The number of carbonyl (C=O) groups excluding carboxylic acids is 9. The summed E-state index contributed by atoms with van der Waals surface area (Å²) in [5.41, 5.74) is -1.02. The highest BCUT2D eigenvalue weighted by atomic mass is 16.7. The minimum atomic E-state index is -1.44. The van der Waals surface area contributed by atoms with Gasteiger partial charge >= 0.3 is 0 Å². The average molecular weight is 1460 g/mol. The van der Waals surface area contributed by atoms with E-state index >= 15 is 0 Å². The van der Waals surface area contributed by atoms with E-state index in [1.54, 1.807) is 0 Å². The number of hydrogen-bond donors (Lipinski definition) is 19. The molecule has 0 aromatic heterocycles. The van der Waals surface area contributed by atoms with Crippen molar-refractivity contribution in [3.05, 3.63) is 0 Å². The van der Waals surface area contributed by atoms with E-state index in [1.165, 1.54) is 20.8 Å². The van der Waals surface area contributed by atoms with E-state index in [1.807, 2.05) is 13.8 Å². The van der Waals surface area contributed by atoms with Gasteiger partial charge in [0.05, 0.1) is 65.0 Å². The third kappa shape index (κ3) is 36.2. The molecule has 3 aliphatic rings. The van der Waals surface area contributed by atoms with Crippen molar-refractivity contribution in [3.8, 4) is 0 Å². The van der Waals surface area contributed by atoms with E-state index in [9.17, 15) is 89.1 Å². The van der Waals surface area contributed by atoms with Gasteiger partial charge in [0, 0.05) is 124 Å². The van der Waals surface area contributed by atoms with Crippen LogP contribution in [0.3, 0.4) is 0 Å². The summed E-state index contributed by atoms with van der Waals surface area (Å²) in [6.45, 7) is 7.73. The Morgan fingerprint density at radius 2 is 0.604 bits per heavy atom. The number of hydrogen-bond acceptors (Lipinski definition) is 28. The monoisotopic (exact) mass is 1460 g/mol. The van der Waals surface area contributed by atoms with Crippen molar-refractivity contribution in [2.75, 3.05) is 119 Å². The Morgan fingerprint density at radius 3 is 0.832 bits per heavy atom. The molecule has 15 atom stereocenters. The lowest BCUT2D eigenvalue weighted by molar-refractivity contribution is -0.270. The van der Waals surface area contributed by atoms with Gasteiger partial charge in [-0.1, -0.05) is 13.8 Å². The van der Waals surface area contributed by atoms with E-state index in [0.29, 0.717) is 57.8 Å². The molecule has 3 saturated heterocycles. The van der Waals surface area contributed by atoms with Crippen LogP contribution in [0.2, 0.25) is 0 Å². The standard InChI is InChI=1S/C64H116N10O27/c1-39(2)74-64(36-93-30-18-49(84)68-24-12-21-65-46(81)15-6-9-27-96-61-52(71-40(3)78)58(90)55(87)43(33-75)99-61,37-94-31-19-50(85)69-25-13-22-66-47(82)16-7-10-28-97-62-53(72-41(4)79)59(91)56(88)44(34-76)100-62)38-95-32-20-51(86)70-26-14-23-67-48(83)17-8-11-29-98-63-54(73-42(5)80)60(92)57(89)45(35-77)101-63/h39,43-45,52-63,74-77,87-92H,6-38H2,1-5H3,(H,65,81)(H,66,82)(H,67,83)(H,68,84)(H,69,85)(H,70,86)(H,71,78)(H,72,79)(H,73,80)/t43?,44?,45?,52-,53?,54?,55-,56-,57-,58?,59?,60?,61+,62+,63+,64?/m0/s1. The molecule has 3 heterocycles. The molecule has 3 fully saturated rings. The maximum absolute atomic E-state index is 12.9. The van der Waals surface area contributed by atoms with Crippen molar-refractivity contribution < 1.29 is 132 Å². The molecule has 8 unspecified atom stereocenters. The number of aliphatic hydroxyl groups is 9. The van der Waals surface area contributed by atoms with Crippen LogP contribution in [0.25, 0.3) is 0 Å². The van der Waals surface area contributed by atoms with Gasteiger partial charge in [-0.25, -0.2) is 0 Å². The lowest BCUT2D eigenvalue weighted by atomic mass is 9.97. The Morgan fingerprint density at radius 1 is 0.356 bits per heavy atom. The van der Waals surface area contributed by atoms with Crippen molar-refractivity contribution in [2.45, 2.75) is 234 Å². The number of amides is 9. The molecule has 584 valence electrons. The van der Waals surface area contributed by atoms with Crippen molar-refractivity contribution in [1.82, 2.24) is 53.2 Å². The molecular weight excluding hydrogens is 1340 g/mol. The summed E-state index contributed by atoms with van der Waals surface area (Å²) in [5, 5.41) is 118. The summed E-state index contributed by atoms with van der Waals surface area (Å²) < 4.78 is 51.9. The van der Waals surface area contributed by atoms with Gasteiger partial charge < -0.3 is 142 Å². The van der Waals surface area contributed by atoms with E-state index in [4.69, 9.17) is 42.6 Å². The Kier molecular flexibility index (Phi) is 45.1. The van der Waals surface area contributed by atoms with Gasteiger partial charge in [-0.15, -0.1) is 0 Å². The number of carbonyl (C=O) groups is 9. The number of rotatable bonds is 53. The van der Waals surface area contributed by atoms with Crippen LogP contribution in [-0.4, -0.2) is 321 Å². The predicted octanol–water partition coefficient (Wildman–Crippen LogP) is -6.80. The van der Waals surface area contributed by atoms with Gasteiger partial charge in [-0.3, -0.25) is 43.2 Å². The molecule has 101 heavy (non-hydrogen) atoms. The average Bonchev–Trinajstić information content (AvgIpc) is 0.824. The van der Waals surface area contributed by atoms with Gasteiger partial charge in [0.1, 0.15) is 73.1 Å². The highest BCUT2D eigenvalue weighted by Crippen LogP contribution is 2.26. The highest BCUT2D eigenvalue weighted by molar-refractivity contribution is 5.78. The van der Waals surface area contributed by atoms with Crippen LogP contribution >= 0.6 is 0 Å². The fraction of sp³-hybridized carbons (Fsp3) is 0.859. The fourth-order valence-electron chi connectivity index (χ4n) is 10.9. The molecule has 3 aliphatic heterocycles. The Balaban J connectivity index is 1.40. The molecule has 0 radical (unpaired) electrons. The smallest absolute Gasteiger partial charge is 0.222 e. The Labute approximate surface area is 589 Å². The number of aliphatic hydroxyl groups excluding tert-OH is 9. The first-order chi connectivity index (χ1) is 48.2. The molecule has 0 aliphatic carbocycles. The third-order valence-corrected chi connectivity index (χ3v) is 16.1. The zero-order chi connectivity index (χ0) is 74.7. The molecule has 9 amide bonds. The van der Waals surface area contributed by atoms with Gasteiger partial charge in [-0.05, 0) is 57.8 Å². The minimum absolute atomic E-state index is 0.00518. The van der Waals surface area contributed by atoms with Crippen LogP contribution in [0.1, 0.15) is 131 Å². The summed E-state index contributed by atoms with van der Waals surface area (Å²) in [6.07, 6.45) is -11.0. The molecule has 0 aromatic carbocycles. The van der Waals surface area contributed by atoms with E-state index in [-0.39, 0.29) is 179 Å².